The average molecular weight is 615 g/mol. The van der Waals surface area contributed by atoms with E-state index in [0.29, 0.717) is 33.8 Å². The summed E-state index contributed by atoms with van der Waals surface area (Å²) >= 11 is 0. The number of hydrogen-bond acceptors (Lipinski definition) is 7. The monoisotopic (exact) mass is 614 g/mol. The van der Waals surface area contributed by atoms with Crippen LogP contribution < -0.4 is 0 Å². The lowest BCUT2D eigenvalue weighted by atomic mass is 9.95. The van der Waals surface area contributed by atoms with E-state index in [4.69, 9.17) is 4.42 Å². The molecule has 0 saturated heterocycles. The number of carbonyl (C=O) groups is 1. The normalized spacial score (nSPS) is 11.1. The Balaban J connectivity index is 1.10. The Morgan fingerprint density at radius 1 is 0.660 bits per heavy atom. The van der Waals surface area contributed by atoms with E-state index in [1.165, 1.54) is 6.07 Å². The van der Waals surface area contributed by atoms with Gasteiger partial charge in [0.15, 0.2) is 5.75 Å². The second-order valence-electron chi connectivity index (χ2n) is 10.7. The number of fused-ring (bicyclic) bond motifs is 1. The number of phenols is 1. The van der Waals surface area contributed by atoms with Crippen LogP contribution in [0.4, 0.5) is 11.4 Å². The van der Waals surface area contributed by atoms with Gasteiger partial charge in [-0.1, -0.05) is 97.1 Å². The van der Waals surface area contributed by atoms with Crippen LogP contribution in [-0.4, -0.2) is 26.4 Å². The summed E-state index contributed by atoms with van der Waals surface area (Å²) in [7, 11) is 0. The number of carboxylic acids is 1. The molecule has 6 aromatic carbocycles. The van der Waals surface area contributed by atoms with Crippen LogP contribution in [0.5, 0.6) is 5.75 Å². The Hall–Kier alpha value is -6.67. The summed E-state index contributed by atoms with van der Waals surface area (Å²) in [6, 6.07) is 44.1. The van der Waals surface area contributed by atoms with Gasteiger partial charge < -0.3 is 14.6 Å². The predicted molar refractivity (Wildman–Crippen MR) is 182 cm³/mol. The number of hydrogen-bond donors (Lipinski definition) is 2. The number of azo groups is 1. The van der Waals surface area contributed by atoms with Crippen molar-refractivity contribution >= 4 is 39.8 Å². The third-order valence-electron chi connectivity index (χ3n) is 7.67. The molecular weight excluding hydrogens is 588 g/mol. The third-order valence-corrected chi connectivity index (χ3v) is 7.67. The van der Waals surface area contributed by atoms with Gasteiger partial charge in [0.2, 0.25) is 11.8 Å². The van der Waals surface area contributed by atoms with Crippen molar-refractivity contribution in [1.29, 1.82) is 0 Å². The van der Waals surface area contributed by atoms with E-state index in [1.807, 2.05) is 60.7 Å². The van der Waals surface area contributed by atoms with Gasteiger partial charge in [-0.25, -0.2) is 4.79 Å². The molecule has 1 aromatic heterocycles. The van der Waals surface area contributed by atoms with Crippen molar-refractivity contribution < 1.29 is 19.4 Å². The Bertz CT molecular complexity index is 2220. The van der Waals surface area contributed by atoms with Crippen molar-refractivity contribution in [1.82, 2.24) is 10.2 Å². The molecule has 0 unspecified atom stereocenters. The molecule has 0 saturated carbocycles. The molecule has 0 atom stereocenters. The van der Waals surface area contributed by atoms with E-state index in [0.717, 1.165) is 27.8 Å². The molecule has 47 heavy (non-hydrogen) atoms. The van der Waals surface area contributed by atoms with Gasteiger partial charge in [-0.15, -0.1) is 15.3 Å². The van der Waals surface area contributed by atoms with Crippen molar-refractivity contribution in [3.8, 4) is 28.7 Å². The summed E-state index contributed by atoms with van der Waals surface area (Å²) in [5, 5.41) is 38.3. The van der Waals surface area contributed by atoms with Crippen LogP contribution in [0.15, 0.2) is 154 Å². The Morgan fingerprint density at radius 3 is 1.81 bits per heavy atom. The van der Waals surface area contributed by atoms with Crippen LogP contribution in [-0.2, 0) is 0 Å². The van der Waals surface area contributed by atoms with Crippen molar-refractivity contribution in [3.63, 3.8) is 0 Å². The van der Waals surface area contributed by atoms with Crippen LogP contribution in [0.1, 0.15) is 27.0 Å². The fraction of sp³-hybridized carbons (Fsp3) is 0. The molecule has 0 aliphatic carbocycles. The second kappa shape index (κ2) is 12.7. The van der Waals surface area contributed by atoms with Crippen LogP contribution in [0.3, 0.4) is 0 Å². The molecule has 7 rings (SSSR count). The zero-order chi connectivity index (χ0) is 32.2. The van der Waals surface area contributed by atoms with Gasteiger partial charge in [0.05, 0.1) is 5.69 Å². The lowest BCUT2D eigenvalue weighted by Gasteiger charge is -2.09. The highest BCUT2D eigenvalue weighted by Gasteiger charge is 2.17. The first kappa shape index (κ1) is 29.1. The maximum Gasteiger partial charge on any atom is 0.339 e. The highest BCUT2D eigenvalue weighted by Crippen LogP contribution is 2.39. The zero-order valence-electron chi connectivity index (χ0n) is 24.9. The van der Waals surface area contributed by atoms with Crippen molar-refractivity contribution in [2.45, 2.75) is 0 Å². The number of aromatic carboxylic acids is 1. The maximum absolute atomic E-state index is 11.7. The minimum absolute atomic E-state index is 0.0870. The van der Waals surface area contributed by atoms with Gasteiger partial charge in [-0.2, -0.15) is 5.11 Å². The number of carboxylic acid groups (broad SMARTS) is 1. The lowest BCUT2D eigenvalue weighted by Crippen LogP contribution is -1.97. The average Bonchev–Trinajstić information content (AvgIpc) is 3.62. The Labute approximate surface area is 269 Å². The van der Waals surface area contributed by atoms with Crippen LogP contribution in [0, 0.1) is 0 Å². The van der Waals surface area contributed by atoms with E-state index in [1.54, 1.807) is 48.5 Å². The number of aromatic hydroxyl groups is 1. The predicted octanol–water partition coefficient (Wildman–Crippen LogP) is 9.96. The van der Waals surface area contributed by atoms with Gasteiger partial charge >= 0.3 is 5.97 Å². The quantitative estimate of drug-likeness (QED) is 0.130. The Morgan fingerprint density at radius 2 is 1.21 bits per heavy atom. The topological polar surface area (TPSA) is 121 Å². The summed E-state index contributed by atoms with van der Waals surface area (Å²) in [4.78, 5) is 11.7. The first-order valence-electron chi connectivity index (χ1n) is 14.8. The molecule has 0 bridgehead atoms. The van der Waals surface area contributed by atoms with E-state index in [-0.39, 0.29) is 11.3 Å². The number of benzene rings is 6. The van der Waals surface area contributed by atoms with Crippen LogP contribution in [0.25, 0.3) is 45.3 Å². The molecule has 0 amide bonds. The molecule has 8 nitrogen and oxygen atoms in total. The standard InChI is InChI=1S/C39H26N4O4/c44-36-34(39(45)46)24-30-13-7-8-14-32(30)35(36)41-40-31-21-19-29(20-22-31)38-43-42-37(47-38)28-17-15-25(16-18-28)23-33(26-9-3-1-4-10-26)27-11-5-2-6-12-27/h1-24,44H,(H,45,46). The minimum atomic E-state index is -1.25. The molecule has 0 aliphatic heterocycles. The van der Waals surface area contributed by atoms with E-state index in [9.17, 15) is 15.0 Å². The van der Waals surface area contributed by atoms with Crippen molar-refractivity contribution in [2.24, 2.45) is 10.2 Å². The SMILES string of the molecule is O=C(O)c1cc2ccccc2c(N=Nc2ccc(-c3nnc(-c4ccc(C=C(c5ccccc5)c5ccccc5)cc4)o3)cc2)c1O. The molecule has 0 spiro atoms. The summed E-state index contributed by atoms with van der Waals surface area (Å²) < 4.78 is 6.00. The minimum Gasteiger partial charge on any atom is -0.505 e. The van der Waals surface area contributed by atoms with E-state index in [2.05, 4.69) is 50.8 Å². The fourth-order valence-corrected chi connectivity index (χ4v) is 5.27. The smallest absolute Gasteiger partial charge is 0.339 e. The van der Waals surface area contributed by atoms with Crippen LogP contribution >= 0.6 is 0 Å². The molecule has 0 radical (unpaired) electrons. The molecule has 0 fully saturated rings. The maximum atomic E-state index is 11.7. The third kappa shape index (κ3) is 6.16. The summed E-state index contributed by atoms with van der Waals surface area (Å²) in [6.07, 6.45) is 2.17. The number of nitrogens with zero attached hydrogens (tertiary/aromatic N) is 4. The molecule has 1 heterocycles. The van der Waals surface area contributed by atoms with Crippen molar-refractivity contribution in [3.05, 3.63) is 162 Å². The highest BCUT2D eigenvalue weighted by molar-refractivity contribution is 6.04. The number of aromatic nitrogens is 2. The fourth-order valence-electron chi connectivity index (χ4n) is 5.27. The molecular formula is C39H26N4O4. The molecule has 0 aliphatic rings. The molecule has 7 aromatic rings. The lowest BCUT2D eigenvalue weighted by molar-refractivity contribution is 0.0694. The van der Waals surface area contributed by atoms with Crippen LogP contribution in [0.2, 0.25) is 0 Å². The first-order chi connectivity index (χ1) is 23.0. The van der Waals surface area contributed by atoms with E-state index >= 15 is 0 Å². The van der Waals surface area contributed by atoms with E-state index < -0.39 is 11.7 Å². The van der Waals surface area contributed by atoms with Gasteiger partial charge in [0, 0.05) is 16.5 Å². The molecule has 226 valence electrons. The van der Waals surface area contributed by atoms with Gasteiger partial charge in [0.25, 0.3) is 0 Å². The molecule has 2 N–H and O–H groups in total. The largest absolute Gasteiger partial charge is 0.505 e. The number of rotatable bonds is 8. The van der Waals surface area contributed by atoms with Gasteiger partial charge in [0.1, 0.15) is 11.3 Å². The van der Waals surface area contributed by atoms with Gasteiger partial charge in [-0.05, 0) is 76.2 Å². The first-order valence-corrected chi connectivity index (χ1v) is 14.8. The summed E-state index contributed by atoms with van der Waals surface area (Å²) in [5.74, 6) is -0.945. The second-order valence-corrected chi connectivity index (χ2v) is 10.7. The summed E-state index contributed by atoms with van der Waals surface area (Å²) in [5.41, 5.74) is 6.26. The van der Waals surface area contributed by atoms with Crippen molar-refractivity contribution in [2.75, 3.05) is 0 Å². The molecule has 8 heteroatoms. The zero-order valence-corrected chi connectivity index (χ0v) is 24.9. The summed E-state index contributed by atoms with van der Waals surface area (Å²) in [6.45, 7) is 0. The highest BCUT2D eigenvalue weighted by atomic mass is 16.4. The Kier molecular flexibility index (Phi) is 7.88. The van der Waals surface area contributed by atoms with Gasteiger partial charge in [-0.3, -0.25) is 0 Å².